The van der Waals surface area contributed by atoms with Crippen LogP contribution in [0.2, 0.25) is 0 Å². The first-order valence-corrected chi connectivity index (χ1v) is 9.46. The van der Waals surface area contributed by atoms with Crippen molar-refractivity contribution in [3.05, 3.63) is 64.1 Å². The summed E-state index contributed by atoms with van der Waals surface area (Å²) in [5.41, 5.74) is 6.22. The summed E-state index contributed by atoms with van der Waals surface area (Å²) in [7, 11) is 0. The van der Waals surface area contributed by atoms with Crippen LogP contribution in [-0.4, -0.2) is 23.0 Å². The van der Waals surface area contributed by atoms with Crippen LogP contribution < -0.4 is 10.3 Å². The Bertz CT molecular complexity index is 1030. The smallest absolute Gasteiger partial charge is 0.274 e. The summed E-state index contributed by atoms with van der Waals surface area (Å²) >= 11 is 1.33. The molecule has 0 bridgehead atoms. The van der Waals surface area contributed by atoms with E-state index in [0.717, 1.165) is 16.8 Å². The van der Waals surface area contributed by atoms with Crippen molar-refractivity contribution < 1.29 is 14.0 Å². The maximum Gasteiger partial charge on any atom is 0.274 e. The molecule has 2 heterocycles. The van der Waals surface area contributed by atoms with Crippen LogP contribution in [0.15, 0.2) is 45.4 Å². The predicted molar refractivity (Wildman–Crippen MR) is 109 cm³/mol. The fourth-order valence-corrected chi connectivity index (χ4v) is 3.65. The third kappa shape index (κ3) is 4.01. The highest BCUT2D eigenvalue weighted by Crippen LogP contribution is 2.33. The number of para-hydroxylation sites is 1. The Morgan fingerprint density at radius 3 is 2.54 bits per heavy atom. The van der Waals surface area contributed by atoms with E-state index in [1.807, 2.05) is 32.0 Å². The van der Waals surface area contributed by atoms with E-state index in [1.165, 1.54) is 30.7 Å². The molecular formula is C20H20N4O3S. The number of benzene rings is 1. The van der Waals surface area contributed by atoms with E-state index in [1.54, 1.807) is 23.3 Å². The number of nitrogens with one attached hydrogen (secondary N) is 1. The molecule has 7 nitrogen and oxygen atoms in total. The fourth-order valence-electron chi connectivity index (χ4n) is 2.82. The lowest BCUT2D eigenvalue weighted by Gasteiger charge is -2.22. The molecule has 0 fully saturated rings. The van der Waals surface area contributed by atoms with Gasteiger partial charge in [0.2, 0.25) is 5.91 Å². The number of nitrogens with zero attached hydrogens (tertiary/aromatic N) is 3. The van der Waals surface area contributed by atoms with Gasteiger partial charge in [0.15, 0.2) is 5.13 Å². The summed E-state index contributed by atoms with van der Waals surface area (Å²) in [6.45, 7) is 7.13. The zero-order valence-electron chi connectivity index (χ0n) is 16.0. The number of furan rings is 1. The monoisotopic (exact) mass is 396 g/mol. The largest absolute Gasteiger partial charge is 0.469 e. The first kappa shape index (κ1) is 19.5. The highest BCUT2D eigenvalue weighted by atomic mass is 32.1. The van der Waals surface area contributed by atoms with Crippen molar-refractivity contribution in [3.63, 3.8) is 0 Å². The van der Waals surface area contributed by atoms with Gasteiger partial charge in [0.25, 0.3) is 5.91 Å². The number of aryl methyl sites for hydroxylation is 3. The van der Waals surface area contributed by atoms with Crippen molar-refractivity contribution in [1.82, 2.24) is 10.4 Å². The van der Waals surface area contributed by atoms with Crippen molar-refractivity contribution in [2.75, 3.05) is 4.90 Å². The van der Waals surface area contributed by atoms with Crippen molar-refractivity contribution >= 4 is 40.2 Å². The van der Waals surface area contributed by atoms with Crippen LogP contribution in [0.5, 0.6) is 0 Å². The Morgan fingerprint density at radius 2 is 1.93 bits per heavy atom. The summed E-state index contributed by atoms with van der Waals surface area (Å²) in [6, 6.07) is 7.45. The van der Waals surface area contributed by atoms with Gasteiger partial charge in [-0.3, -0.25) is 14.5 Å². The minimum Gasteiger partial charge on any atom is -0.469 e. The van der Waals surface area contributed by atoms with E-state index in [-0.39, 0.29) is 11.8 Å². The topological polar surface area (TPSA) is 87.8 Å². The number of hydrogen-bond donors (Lipinski definition) is 1. The van der Waals surface area contributed by atoms with Crippen molar-refractivity contribution in [3.8, 4) is 0 Å². The highest BCUT2D eigenvalue weighted by molar-refractivity contribution is 7.14. The van der Waals surface area contributed by atoms with Crippen molar-refractivity contribution in [2.24, 2.45) is 5.10 Å². The molecule has 0 aliphatic heterocycles. The summed E-state index contributed by atoms with van der Waals surface area (Å²) in [5.74, 6) is 0.0344. The molecule has 0 aliphatic carbocycles. The molecule has 0 atom stereocenters. The number of carbonyl (C=O) groups excluding carboxylic acids is 2. The lowest BCUT2D eigenvalue weighted by Crippen LogP contribution is -2.24. The second-order valence-corrected chi connectivity index (χ2v) is 7.08. The average molecular weight is 396 g/mol. The molecule has 3 aromatic rings. The minimum atomic E-state index is -0.362. The van der Waals surface area contributed by atoms with Gasteiger partial charge in [-0.05, 0) is 38.0 Å². The Hall–Kier alpha value is -3.26. The Kier molecular flexibility index (Phi) is 5.70. The molecule has 0 saturated carbocycles. The fraction of sp³-hybridized carbons (Fsp3) is 0.200. The number of carbonyl (C=O) groups is 2. The Labute approximate surface area is 166 Å². The van der Waals surface area contributed by atoms with Gasteiger partial charge in [-0.2, -0.15) is 5.10 Å². The molecule has 1 aromatic carbocycles. The first-order chi connectivity index (χ1) is 13.4. The van der Waals surface area contributed by atoms with Gasteiger partial charge in [-0.1, -0.05) is 18.2 Å². The lowest BCUT2D eigenvalue weighted by atomic mass is 10.1. The quantitative estimate of drug-likeness (QED) is 0.519. The average Bonchev–Trinajstić information content (AvgIpc) is 3.27. The zero-order chi connectivity index (χ0) is 20.3. The number of hydrogen-bond acceptors (Lipinski definition) is 6. The molecule has 144 valence electrons. The van der Waals surface area contributed by atoms with E-state index >= 15 is 0 Å². The maximum atomic E-state index is 12.3. The normalized spacial score (nSPS) is 11.0. The molecule has 0 spiro atoms. The van der Waals surface area contributed by atoms with E-state index in [0.29, 0.717) is 22.1 Å². The number of thiazole rings is 1. The lowest BCUT2D eigenvalue weighted by molar-refractivity contribution is -0.115. The van der Waals surface area contributed by atoms with E-state index in [9.17, 15) is 9.59 Å². The first-order valence-electron chi connectivity index (χ1n) is 8.58. The van der Waals surface area contributed by atoms with Gasteiger partial charge in [0.05, 0.1) is 29.4 Å². The minimum absolute atomic E-state index is 0.126. The van der Waals surface area contributed by atoms with Gasteiger partial charge in [-0.15, -0.1) is 11.3 Å². The van der Waals surface area contributed by atoms with Gasteiger partial charge < -0.3 is 4.42 Å². The number of rotatable bonds is 5. The zero-order valence-corrected chi connectivity index (χ0v) is 16.8. The second kappa shape index (κ2) is 8.18. The van der Waals surface area contributed by atoms with E-state index in [2.05, 4.69) is 15.5 Å². The number of hydrazone groups is 1. The van der Waals surface area contributed by atoms with Crippen LogP contribution >= 0.6 is 11.3 Å². The predicted octanol–water partition coefficient (Wildman–Crippen LogP) is 4.11. The highest BCUT2D eigenvalue weighted by Gasteiger charge is 2.21. The van der Waals surface area contributed by atoms with Crippen LogP contribution in [0.4, 0.5) is 10.8 Å². The molecule has 8 heteroatoms. The summed E-state index contributed by atoms with van der Waals surface area (Å²) in [6.07, 6.45) is 2.89. The molecule has 0 aliphatic rings. The van der Waals surface area contributed by atoms with Crippen molar-refractivity contribution in [1.29, 1.82) is 0 Å². The molecule has 3 rings (SSSR count). The van der Waals surface area contributed by atoms with Crippen LogP contribution in [0, 0.1) is 20.8 Å². The molecule has 2 aromatic heterocycles. The Balaban J connectivity index is 1.79. The number of anilines is 2. The maximum absolute atomic E-state index is 12.3. The summed E-state index contributed by atoms with van der Waals surface area (Å²) in [4.78, 5) is 30.4. The van der Waals surface area contributed by atoms with Crippen molar-refractivity contribution in [2.45, 2.75) is 27.7 Å². The summed E-state index contributed by atoms with van der Waals surface area (Å²) in [5, 5.41) is 6.26. The van der Waals surface area contributed by atoms with Gasteiger partial charge in [0, 0.05) is 12.3 Å². The van der Waals surface area contributed by atoms with Gasteiger partial charge in [0.1, 0.15) is 5.76 Å². The van der Waals surface area contributed by atoms with Crippen LogP contribution in [0.25, 0.3) is 0 Å². The molecular weight excluding hydrogens is 376 g/mol. The second-order valence-electron chi connectivity index (χ2n) is 6.24. The molecule has 0 saturated heterocycles. The number of amides is 2. The van der Waals surface area contributed by atoms with Crippen LogP contribution in [-0.2, 0) is 4.79 Å². The van der Waals surface area contributed by atoms with Crippen LogP contribution in [0.1, 0.15) is 39.9 Å². The van der Waals surface area contributed by atoms with E-state index < -0.39 is 0 Å². The third-order valence-corrected chi connectivity index (χ3v) is 4.99. The molecule has 0 radical (unpaired) electrons. The third-order valence-electron chi connectivity index (χ3n) is 4.15. The molecule has 28 heavy (non-hydrogen) atoms. The summed E-state index contributed by atoms with van der Waals surface area (Å²) < 4.78 is 5.10. The van der Waals surface area contributed by atoms with Crippen LogP contribution in [0.3, 0.4) is 0 Å². The molecule has 0 unspecified atom stereocenters. The van der Waals surface area contributed by atoms with E-state index in [4.69, 9.17) is 4.42 Å². The Morgan fingerprint density at radius 1 is 1.21 bits per heavy atom. The standard InChI is InChI=1S/C20H20N4O3S/c1-12-6-5-7-13(2)18(12)24(15(4)25)20-22-16(11-28-20)10-21-23-19(26)17-8-9-27-14(17)3/h5-11H,1-4H3,(H,23,26)/b21-10-. The SMILES string of the molecule is CC(=O)N(c1nc(/C=N\NC(=O)c2ccoc2C)cs1)c1c(C)cccc1C. The molecule has 2 amide bonds. The van der Waals surface area contributed by atoms with Gasteiger partial charge >= 0.3 is 0 Å². The molecule has 1 N–H and O–H groups in total. The number of aromatic nitrogens is 1. The van der Waals surface area contributed by atoms with Gasteiger partial charge in [-0.25, -0.2) is 10.4 Å².